The Labute approximate surface area is 160 Å². The lowest BCUT2D eigenvalue weighted by atomic mass is 10.3. The molecule has 1 aromatic heterocycles. The third-order valence-electron chi connectivity index (χ3n) is 4.70. The highest BCUT2D eigenvalue weighted by molar-refractivity contribution is 7.86. The lowest BCUT2D eigenvalue weighted by Gasteiger charge is -2.37. The number of fused-ring (bicyclic) bond motifs is 1. The molecule has 10 nitrogen and oxygen atoms in total. The summed E-state index contributed by atoms with van der Waals surface area (Å²) in [6.07, 6.45) is 0. The highest BCUT2D eigenvalue weighted by Crippen LogP contribution is 2.32. The summed E-state index contributed by atoms with van der Waals surface area (Å²) < 4.78 is 34.4. The standard InChI is InChI=1S/C15H19N5O5S2/c21-20(22)12-1-2-13-14(11-12)26-15(16-13)17-3-5-18(6-4-17)27(23,24)19-7-9-25-10-8-19/h1-2,11H,3-10H2. The average Bonchev–Trinajstić information content (AvgIpc) is 3.12. The molecule has 2 fully saturated rings. The first kappa shape index (κ1) is 18.5. The summed E-state index contributed by atoms with van der Waals surface area (Å²) in [7, 11) is -3.46. The van der Waals surface area contributed by atoms with Crippen LogP contribution < -0.4 is 4.90 Å². The van der Waals surface area contributed by atoms with Crippen LogP contribution in [0.3, 0.4) is 0 Å². The van der Waals surface area contributed by atoms with Crippen molar-refractivity contribution in [1.82, 2.24) is 13.6 Å². The molecule has 146 valence electrons. The number of aromatic nitrogens is 1. The molecule has 0 aliphatic carbocycles. The summed E-state index contributed by atoms with van der Waals surface area (Å²) in [5, 5.41) is 11.7. The number of nitro benzene ring substituents is 1. The van der Waals surface area contributed by atoms with Crippen molar-refractivity contribution < 1.29 is 18.1 Å². The number of piperazine rings is 1. The van der Waals surface area contributed by atoms with E-state index in [4.69, 9.17) is 4.74 Å². The van der Waals surface area contributed by atoms with Crippen molar-refractivity contribution in [1.29, 1.82) is 0 Å². The fourth-order valence-corrected chi connectivity index (χ4v) is 5.81. The molecule has 0 unspecified atom stereocenters. The predicted octanol–water partition coefficient (Wildman–Crippen LogP) is 0.903. The Balaban J connectivity index is 1.46. The zero-order chi connectivity index (χ0) is 19.0. The van der Waals surface area contributed by atoms with Gasteiger partial charge in [0.1, 0.15) is 0 Å². The van der Waals surface area contributed by atoms with Crippen LogP contribution in [0.15, 0.2) is 18.2 Å². The Hall–Kier alpha value is -1.86. The minimum absolute atomic E-state index is 0.0409. The number of hydrogen-bond acceptors (Lipinski definition) is 8. The normalized spacial score (nSPS) is 20.2. The third-order valence-corrected chi connectivity index (χ3v) is 7.82. The van der Waals surface area contributed by atoms with Gasteiger partial charge in [-0.25, -0.2) is 4.98 Å². The number of hydrogen-bond donors (Lipinski definition) is 0. The Morgan fingerprint density at radius 1 is 1.07 bits per heavy atom. The van der Waals surface area contributed by atoms with Crippen LogP contribution in [-0.2, 0) is 14.9 Å². The molecule has 2 aliphatic heterocycles. The van der Waals surface area contributed by atoms with Crippen molar-refractivity contribution in [2.45, 2.75) is 0 Å². The lowest BCUT2D eigenvalue weighted by Crippen LogP contribution is -2.55. The van der Waals surface area contributed by atoms with Crippen molar-refractivity contribution in [2.75, 3.05) is 57.4 Å². The van der Waals surface area contributed by atoms with Crippen molar-refractivity contribution in [2.24, 2.45) is 0 Å². The van der Waals surface area contributed by atoms with Gasteiger partial charge in [-0.15, -0.1) is 0 Å². The number of thiazole rings is 1. The molecule has 12 heteroatoms. The Morgan fingerprint density at radius 2 is 1.74 bits per heavy atom. The SMILES string of the molecule is O=[N+]([O-])c1ccc2nc(N3CCN(S(=O)(=O)N4CCOCC4)CC3)sc2c1. The van der Waals surface area contributed by atoms with Crippen LogP contribution in [-0.4, -0.2) is 79.4 Å². The minimum Gasteiger partial charge on any atom is -0.379 e. The molecule has 0 atom stereocenters. The number of morpholine rings is 1. The largest absolute Gasteiger partial charge is 0.379 e. The number of rotatable bonds is 4. The summed E-state index contributed by atoms with van der Waals surface area (Å²) in [6.45, 7) is 3.47. The maximum atomic E-state index is 12.7. The molecule has 4 rings (SSSR count). The molecule has 0 saturated carbocycles. The highest BCUT2D eigenvalue weighted by atomic mass is 32.2. The highest BCUT2D eigenvalue weighted by Gasteiger charge is 2.33. The maximum absolute atomic E-state index is 12.7. The van der Waals surface area contributed by atoms with Crippen LogP contribution in [0.5, 0.6) is 0 Å². The van der Waals surface area contributed by atoms with Gasteiger partial charge in [0.15, 0.2) is 5.13 Å². The van der Waals surface area contributed by atoms with E-state index in [9.17, 15) is 18.5 Å². The summed E-state index contributed by atoms with van der Waals surface area (Å²) in [5.41, 5.74) is 0.753. The lowest BCUT2D eigenvalue weighted by molar-refractivity contribution is -0.384. The van der Waals surface area contributed by atoms with E-state index in [-0.39, 0.29) is 5.69 Å². The molecule has 2 saturated heterocycles. The van der Waals surface area contributed by atoms with Gasteiger partial charge < -0.3 is 9.64 Å². The van der Waals surface area contributed by atoms with Crippen LogP contribution in [0.25, 0.3) is 10.2 Å². The van der Waals surface area contributed by atoms with Crippen LogP contribution >= 0.6 is 11.3 Å². The zero-order valence-corrected chi connectivity index (χ0v) is 16.1. The van der Waals surface area contributed by atoms with E-state index in [0.29, 0.717) is 58.0 Å². The predicted molar refractivity (Wildman–Crippen MR) is 101 cm³/mol. The second kappa shape index (κ2) is 7.28. The van der Waals surface area contributed by atoms with Crippen LogP contribution in [0, 0.1) is 10.1 Å². The number of non-ortho nitro benzene ring substituents is 1. The van der Waals surface area contributed by atoms with E-state index in [0.717, 1.165) is 9.83 Å². The molecule has 0 bridgehead atoms. The molecule has 0 spiro atoms. The molecule has 1 aromatic carbocycles. The first-order chi connectivity index (χ1) is 12.9. The quantitative estimate of drug-likeness (QED) is 0.541. The van der Waals surface area contributed by atoms with E-state index in [1.165, 1.54) is 32.1 Å². The molecule has 2 aromatic rings. The number of nitrogens with zero attached hydrogens (tertiary/aromatic N) is 5. The van der Waals surface area contributed by atoms with Gasteiger partial charge in [-0.1, -0.05) is 11.3 Å². The van der Waals surface area contributed by atoms with Crippen LogP contribution in [0.1, 0.15) is 0 Å². The zero-order valence-electron chi connectivity index (χ0n) is 14.5. The van der Waals surface area contributed by atoms with Gasteiger partial charge in [0.2, 0.25) is 0 Å². The fraction of sp³-hybridized carbons (Fsp3) is 0.533. The Kier molecular flexibility index (Phi) is 4.99. The first-order valence-electron chi connectivity index (χ1n) is 8.58. The van der Waals surface area contributed by atoms with E-state index in [1.54, 1.807) is 6.07 Å². The smallest absolute Gasteiger partial charge is 0.282 e. The molecule has 3 heterocycles. The molecule has 0 radical (unpaired) electrons. The van der Waals surface area contributed by atoms with Crippen molar-refractivity contribution in [3.05, 3.63) is 28.3 Å². The van der Waals surface area contributed by atoms with Crippen molar-refractivity contribution in [3.8, 4) is 0 Å². The molecule has 2 aliphatic rings. The summed E-state index contributed by atoms with van der Waals surface area (Å²) in [6, 6.07) is 4.61. The van der Waals surface area contributed by atoms with Crippen molar-refractivity contribution >= 4 is 42.6 Å². The maximum Gasteiger partial charge on any atom is 0.282 e. The second-order valence-electron chi connectivity index (χ2n) is 6.31. The number of ether oxygens (including phenoxy) is 1. The van der Waals surface area contributed by atoms with Gasteiger partial charge in [-0.05, 0) is 6.07 Å². The number of anilines is 1. The van der Waals surface area contributed by atoms with Gasteiger partial charge >= 0.3 is 0 Å². The number of nitro groups is 1. The van der Waals surface area contributed by atoms with Gasteiger partial charge in [0, 0.05) is 51.4 Å². The summed E-state index contributed by atoms with van der Waals surface area (Å²) in [5.74, 6) is 0. The molecular formula is C15H19N5O5S2. The fourth-order valence-electron chi connectivity index (χ4n) is 3.20. The molecule has 0 amide bonds. The van der Waals surface area contributed by atoms with Crippen molar-refractivity contribution in [3.63, 3.8) is 0 Å². The molecular weight excluding hydrogens is 394 g/mol. The Bertz CT molecular complexity index is 949. The third kappa shape index (κ3) is 3.62. The Morgan fingerprint density at radius 3 is 2.41 bits per heavy atom. The van der Waals surface area contributed by atoms with Gasteiger partial charge in [0.25, 0.3) is 15.9 Å². The van der Waals surface area contributed by atoms with E-state index in [2.05, 4.69) is 4.98 Å². The van der Waals surface area contributed by atoms with Gasteiger partial charge in [-0.2, -0.15) is 17.0 Å². The topological polar surface area (TPSA) is 109 Å². The average molecular weight is 413 g/mol. The summed E-state index contributed by atoms with van der Waals surface area (Å²) >= 11 is 1.39. The molecule has 0 N–H and O–H groups in total. The summed E-state index contributed by atoms with van der Waals surface area (Å²) in [4.78, 5) is 17.1. The van der Waals surface area contributed by atoms with Gasteiger partial charge in [-0.3, -0.25) is 10.1 Å². The van der Waals surface area contributed by atoms with E-state index >= 15 is 0 Å². The van der Waals surface area contributed by atoms with Crippen LogP contribution in [0.2, 0.25) is 0 Å². The monoisotopic (exact) mass is 413 g/mol. The number of benzene rings is 1. The van der Waals surface area contributed by atoms with Crippen LogP contribution in [0.4, 0.5) is 10.8 Å². The first-order valence-corrected chi connectivity index (χ1v) is 10.8. The van der Waals surface area contributed by atoms with E-state index < -0.39 is 15.1 Å². The van der Waals surface area contributed by atoms with Gasteiger partial charge in [0.05, 0.1) is 28.4 Å². The second-order valence-corrected chi connectivity index (χ2v) is 9.25. The minimum atomic E-state index is -3.46. The van der Waals surface area contributed by atoms with E-state index in [1.807, 2.05) is 4.90 Å². The molecule has 27 heavy (non-hydrogen) atoms.